The zero-order valence-corrected chi connectivity index (χ0v) is 10.4. The topological polar surface area (TPSA) is 26.0 Å². The Morgan fingerprint density at radius 2 is 2.14 bits per heavy atom. The van der Waals surface area contributed by atoms with Crippen molar-refractivity contribution in [1.29, 1.82) is 0 Å². The Labute approximate surface area is 95.3 Å². The smallest absolute Gasteiger partial charge is 0.0561 e. The van der Waals surface area contributed by atoms with Crippen molar-refractivity contribution in [2.75, 3.05) is 0 Å². The highest BCUT2D eigenvalue weighted by Crippen LogP contribution is 2.30. The monoisotopic (exact) mass is 231 g/mol. The molecular formula is C11H18ClNS. The average Bonchev–Trinajstić information content (AvgIpc) is 2.50. The molecule has 0 aliphatic rings. The van der Waals surface area contributed by atoms with Crippen LogP contribution >= 0.6 is 22.9 Å². The maximum atomic E-state index is 6.05. The molecule has 0 saturated carbocycles. The Kier molecular flexibility index (Phi) is 4.93. The molecule has 0 radical (unpaired) electrons. The summed E-state index contributed by atoms with van der Waals surface area (Å²) in [7, 11) is 0. The van der Waals surface area contributed by atoms with Crippen LogP contribution in [0, 0.1) is 5.92 Å². The van der Waals surface area contributed by atoms with Gasteiger partial charge in [-0.25, -0.2) is 0 Å². The van der Waals surface area contributed by atoms with Gasteiger partial charge in [-0.1, -0.05) is 38.3 Å². The molecule has 1 aromatic heterocycles. The third-order valence-electron chi connectivity index (χ3n) is 2.28. The van der Waals surface area contributed by atoms with Crippen molar-refractivity contribution in [2.45, 2.75) is 39.2 Å². The maximum absolute atomic E-state index is 6.05. The number of nitrogens with two attached hydrogens (primary N) is 1. The van der Waals surface area contributed by atoms with Crippen LogP contribution < -0.4 is 5.73 Å². The minimum atomic E-state index is 0.126. The van der Waals surface area contributed by atoms with E-state index < -0.39 is 0 Å². The first-order valence-corrected chi connectivity index (χ1v) is 6.35. The van der Waals surface area contributed by atoms with Crippen LogP contribution in [-0.2, 0) is 0 Å². The van der Waals surface area contributed by atoms with Crippen LogP contribution in [0.3, 0.4) is 0 Å². The van der Waals surface area contributed by atoms with Crippen molar-refractivity contribution in [1.82, 2.24) is 0 Å². The van der Waals surface area contributed by atoms with Gasteiger partial charge in [0.1, 0.15) is 0 Å². The number of rotatable bonds is 5. The molecule has 0 spiro atoms. The molecule has 0 aliphatic heterocycles. The fourth-order valence-corrected chi connectivity index (χ4v) is 2.68. The van der Waals surface area contributed by atoms with Gasteiger partial charge in [-0.05, 0) is 23.8 Å². The van der Waals surface area contributed by atoms with Crippen molar-refractivity contribution in [3.8, 4) is 0 Å². The molecule has 1 nitrogen and oxygen atoms in total. The van der Waals surface area contributed by atoms with Gasteiger partial charge in [0.2, 0.25) is 0 Å². The van der Waals surface area contributed by atoms with Gasteiger partial charge >= 0.3 is 0 Å². The minimum Gasteiger partial charge on any atom is -0.323 e. The lowest BCUT2D eigenvalue weighted by atomic mass is 10.0. The van der Waals surface area contributed by atoms with E-state index in [9.17, 15) is 0 Å². The summed E-state index contributed by atoms with van der Waals surface area (Å²) in [5.74, 6) is 0.765. The Balaban J connectivity index is 2.36. The van der Waals surface area contributed by atoms with E-state index in [1.165, 1.54) is 12.8 Å². The number of halogens is 1. The van der Waals surface area contributed by atoms with E-state index in [4.69, 9.17) is 17.3 Å². The maximum Gasteiger partial charge on any atom is 0.0561 e. The van der Waals surface area contributed by atoms with E-state index in [0.29, 0.717) is 0 Å². The van der Waals surface area contributed by atoms with Crippen LogP contribution in [0.25, 0.3) is 0 Å². The van der Waals surface area contributed by atoms with Crippen molar-refractivity contribution in [3.05, 3.63) is 21.3 Å². The fourth-order valence-electron chi connectivity index (χ4n) is 1.45. The van der Waals surface area contributed by atoms with Gasteiger partial charge in [0.25, 0.3) is 0 Å². The summed E-state index contributed by atoms with van der Waals surface area (Å²) in [6.07, 6.45) is 3.47. The Hall–Kier alpha value is -0.0500. The second kappa shape index (κ2) is 5.74. The summed E-state index contributed by atoms with van der Waals surface area (Å²) in [6, 6.07) is 2.05. The highest BCUT2D eigenvalue weighted by molar-refractivity contribution is 7.10. The van der Waals surface area contributed by atoms with E-state index in [1.807, 2.05) is 11.4 Å². The highest BCUT2D eigenvalue weighted by atomic mass is 35.5. The van der Waals surface area contributed by atoms with Crippen molar-refractivity contribution >= 4 is 22.9 Å². The zero-order chi connectivity index (χ0) is 10.6. The Morgan fingerprint density at radius 3 is 2.64 bits per heavy atom. The van der Waals surface area contributed by atoms with Crippen LogP contribution in [0.1, 0.15) is 44.0 Å². The molecule has 14 heavy (non-hydrogen) atoms. The van der Waals surface area contributed by atoms with Crippen molar-refractivity contribution < 1.29 is 0 Å². The average molecular weight is 232 g/mol. The van der Waals surface area contributed by atoms with Crippen molar-refractivity contribution in [2.24, 2.45) is 11.7 Å². The molecule has 1 aromatic rings. The van der Waals surface area contributed by atoms with E-state index >= 15 is 0 Å². The predicted octanol–water partition coefficient (Wildman–Crippen LogP) is 4.23. The van der Waals surface area contributed by atoms with Gasteiger partial charge in [-0.2, -0.15) is 0 Å². The predicted molar refractivity (Wildman–Crippen MR) is 64.9 cm³/mol. The van der Waals surface area contributed by atoms with Gasteiger partial charge in [0, 0.05) is 10.9 Å². The van der Waals surface area contributed by atoms with Crippen LogP contribution in [0.15, 0.2) is 11.4 Å². The van der Waals surface area contributed by atoms with Gasteiger partial charge in [-0.3, -0.25) is 0 Å². The second-order valence-electron chi connectivity index (χ2n) is 4.06. The van der Waals surface area contributed by atoms with Gasteiger partial charge in [-0.15, -0.1) is 11.3 Å². The molecule has 1 unspecified atom stereocenters. The molecule has 3 heteroatoms. The molecule has 0 saturated heterocycles. The van der Waals surface area contributed by atoms with E-state index in [0.717, 1.165) is 22.2 Å². The summed E-state index contributed by atoms with van der Waals surface area (Å²) >= 11 is 7.67. The number of hydrogen-bond donors (Lipinski definition) is 1. The molecule has 80 valence electrons. The standard InChI is InChI=1S/C11H18ClNS/c1-8(2)4-3-5-10(13)11-9(12)6-7-14-11/h6-8,10H,3-5,13H2,1-2H3. The summed E-state index contributed by atoms with van der Waals surface area (Å²) in [6.45, 7) is 4.48. The highest BCUT2D eigenvalue weighted by Gasteiger charge is 2.11. The van der Waals surface area contributed by atoms with Gasteiger partial charge in [0.15, 0.2) is 0 Å². The molecule has 1 atom stereocenters. The molecule has 0 aromatic carbocycles. The van der Waals surface area contributed by atoms with Crippen molar-refractivity contribution in [3.63, 3.8) is 0 Å². The zero-order valence-electron chi connectivity index (χ0n) is 8.79. The Bertz CT molecular complexity index is 270. The molecule has 2 N–H and O–H groups in total. The first-order valence-electron chi connectivity index (χ1n) is 5.09. The molecule has 1 heterocycles. The minimum absolute atomic E-state index is 0.126. The molecule has 1 rings (SSSR count). The first-order chi connectivity index (χ1) is 6.61. The molecule has 0 fully saturated rings. The Morgan fingerprint density at radius 1 is 1.43 bits per heavy atom. The van der Waals surface area contributed by atoms with E-state index in [1.54, 1.807) is 11.3 Å². The fraction of sp³-hybridized carbons (Fsp3) is 0.636. The summed E-state index contributed by atoms with van der Waals surface area (Å²) in [5, 5.41) is 2.83. The van der Waals surface area contributed by atoms with E-state index in [2.05, 4.69) is 13.8 Å². The van der Waals surface area contributed by atoms with Crippen LogP contribution in [0.5, 0.6) is 0 Å². The quantitative estimate of drug-likeness (QED) is 0.807. The number of thiophene rings is 1. The van der Waals surface area contributed by atoms with Crippen LogP contribution in [0.2, 0.25) is 5.02 Å². The van der Waals surface area contributed by atoms with Gasteiger partial charge < -0.3 is 5.73 Å². The first kappa shape index (κ1) is 12.0. The molecule has 0 aliphatic carbocycles. The SMILES string of the molecule is CC(C)CCCC(N)c1sccc1Cl. The number of hydrogen-bond acceptors (Lipinski definition) is 2. The normalized spacial score (nSPS) is 13.5. The lowest BCUT2D eigenvalue weighted by Gasteiger charge is -2.11. The van der Waals surface area contributed by atoms with Crippen LogP contribution in [-0.4, -0.2) is 0 Å². The third-order valence-corrected chi connectivity index (χ3v) is 3.77. The van der Waals surface area contributed by atoms with Crippen LogP contribution in [0.4, 0.5) is 0 Å². The summed E-state index contributed by atoms with van der Waals surface area (Å²) < 4.78 is 0. The second-order valence-corrected chi connectivity index (χ2v) is 5.42. The third kappa shape index (κ3) is 3.60. The molecular weight excluding hydrogens is 214 g/mol. The van der Waals surface area contributed by atoms with Gasteiger partial charge in [0.05, 0.1) is 5.02 Å². The molecule has 0 bridgehead atoms. The van der Waals surface area contributed by atoms with E-state index in [-0.39, 0.29) is 6.04 Å². The largest absolute Gasteiger partial charge is 0.323 e. The lowest BCUT2D eigenvalue weighted by Crippen LogP contribution is -2.09. The summed E-state index contributed by atoms with van der Waals surface area (Å²) in [4.78, 5) is 1.13. The lowest BCUT2D eigenvalue weighted by molar-refractivity contribution is 0.508. The molecule has 0 amide bonds. The summed E-state index contributed by atoms with van der Waals surface area (Å²) in [5.41, 5.74) is 6.05.